The fraction of sp³-hybridized carbons (Fsp3) is 0.467. The van der Waals surface area contributed by atoms with Gasteiger partial charge in [-0.2, -0.15) is 0 Å². The smallest absolute Gasteiger partial charge is 0.308 e. The first-order chi connectivity index (χ1) is 10.1. The number of carbonyl (C=O) groups is 2. The van der Waals surface area contributed by atoms with Crippen LogP contribution in [0.25, 0.3) is 0 Å². The second-order valence-corrected chi connectivity index (χ2v) is 6.31. The predicted molar refractivity (Wildman–Crippen MR) is 80.5 cm³/mol. The predicted octanol–water partition coefficient (Wildman–Crippen LogP) is 1.89. The zero-order chi connectivity index (χ0) is 15.2. The summed E-state index contributed by atoms with van der Waals surface area (Å²) in [6.07, 6.45) is 0.405. The van der Waals surface area contributed by atoms with E-state index in [0.717, 1.165) is 12.3 Å². The minimum Gasteiger partial charge on any atom is -0.481 e. The molecule has 0 radical (unpaired) electrons. The lowest BCUT2D eigenvalue weighted by atomic mass is 9.85. The topological polar surface area (TPSA) is 77.8 Å². The molecule has 5 nitrogen and oxygen atoms in total. The van der Waals surface area contributed by atoms with E-state index in [1.54, 1.807) is 11.8 Å². The number of nitrogens with zero attached hydrogens (tertiary/aromatic N) is 1. The van der Waals surface area contributed by atoms with E-state index in [-0.39, 0.29) is 0 Å². The average Bonchev–Trinajstić information content (AvgIpc) is 2.48. The maximum absolute atomic E-state index is 11.2. The first kappa shape index (κ1) is 15.9. The highest BCUT2D eigenvalue weighted by molar-refractivity contribution is 7.99. The lowest BCUT2D eigenvalue weighted by molar-refractivity contribution is -0.157. The Labute approximate surface area is 128 Å². The molecule has 2 rings (SSSR count). The van der Waals surface area contributed by atoms with E-state index in [1.807, 2.05) is 35.2 Å². The van der Waals surface area contributed by atoms with E-state index < -0.39 is 23.8 Å². The number of hydrogen-bond acceptors (Lipinski definition) is 4. The highest BCUT2D eigenvalue weighted by atomic mass is 32.2. The third kappa shape index (κ3) is 4.47. The van der Waals surface area contributed by atoms with Crippen LogP contribution in [-0.4, -0.2) is 52.4 Å². The fourth-order valence-electron chi connectivity index (χ4n) is 2.58. The Hall–Kier alpha value is -1.53. The minimum absolute atomic E-state index is 0.321. The molecule has 0 aliphatic carbocycles. The van der Waals surface area contributed by atoms with E-state index >= 15 is 0 Å². The van der Waals surface area contributed by atoms with Gasteiger partial charge in [-0.3, -0.25) is 9.59 Å². The van der Waals surface area contributed by atoms with Crippen molar-refractivity contribution in [2.45, 2.75) is 11.3 Å². The summed E-state index contributed by atoms with van der Waals surface area (Å²) in [5.41, 5.74) is 0. The molecule has 1 saturated heterocycles. The van der Waals surface area contributed by atoms with E-state index in [1.165, 1.54) is 4.90 Å². The summed E-state index contributed by atoms with van der Waals surface area (Å²) in [5.74, 6) is -2.71. The Kier molecular flexibility index (Phi) is 5.64. The largest absolute Gasteiger partial charge is 0.481 e. The van der Waals surface area contributed by atoms with Crippen LogP contribution in [0.15, 0.2) is 35.2 Å². The summed E-state index contributed by atoms with van der Waals surface area (Å²) < 4.78 is 0. The van der Waals surface area contributed by atoms with Gasteiger partial charge in [-0.25, -0.2) is 0 Å². The van der Waals surface area contributed by atoms with Gasteiger partial charge >= 0.3 is 11.9 Å². The van der Waals surface area contributed by atoms with Crippen molar-refractivity contribution in [1.29, 1.82) is 0 Å². The average molecular weight is 309 g/mol. The van der Waals surface area contributed by atoms with E-state index in [4.69, 9.17) is 5.11 Å². The van der Waals surface area contributed by atoms with Gasteiger partial charge in [0.05, 0.1) is 11.8 Å². The van der Waals surface area contributed by atoms with Gasteiger partial charge in [0.2, 0.25) is 0 Å². The lowest BCUT2D eigenvalue weighted by Crippen LogP contribution is -2.47. The number of likely N-dealkylation sites (tertiary alicyclic amines) is 1. The van der Waals surface area contributed by atoms with Crippen LogP contribution in [0.4, 0.5) is 0 Å². The number of thioether (sulfide) groups is 1. The second-order valence-electron chi connectivity index (χ2n) is 5.14. The molecule has 0 bridgehead atoms. The van der Waals surface area contributed by atoms with Crippen molar-refractivity contribution in [2.24, 2.45) is 11.8 Å². The summed E-state index contributed by atoms with van der Waals surface area (Å²) in [5, 5.41) is 18.3. The molecule has 2 atom stereocenters. The van der Waals surface area contributed by atoms with Crippen LogP contribution in [0, 0.1) is 11.8 Å². The van der Waals surface area contributed by atoms with E-state index in [9.17, 15) is 14.7 Å². The number of piperidine rings is 1. The van der Waals surface area contributed by atoms with Crippen LogP contribution < -0.4 is 0 Å². The van der Waals surface area contributed by atoms with Crippen LogP contribution in [0.3, 0.4) is 0 Å². The molecule has 0 amide bonds. The van der Waals surface area contributed by atoms with Gasteiger partial charge in [0.1, 0.15) is 0 Å². The Morgan fingerprint density at radius 1 is 1.14 bits per heavy atom. The third-order valence-electron chi connectivity index (χ3n) is 3.75. The van der Waals surface area contributed by atoms with Crippen molar-refractivity contribution >= 4 is 23.7 Å². The number of aliphatic carboxylic acids is 2. The summed E-state index contributed by atoms with van der Waals surface area (Å²) in [4.78, 5) is 25.5. The van der Waals surface area contributed by atoms with Gasteiger partial charge in [0.15, 0.2) is 0 Å². The van der Waals surface area contributed by atoms with Crippen molar-refractivity contribution in [1.82, 2.24) is 4.90 Å². The molecule has 2 N–H and O–H groups in total. The molecule has 0 saturated carbocycles. The fourth-order valence-corrected chi connectivity index (χ4v) is 3.51. The van der Waals surface area contributed by atoms with Gasteiger partial charge in [0.25, 0.3) is 0 Å². The van der Waals surface area contributed by atoms with Crippen molar-refractivity contribution in [2.75, 3.05) is 25.4 Å². The number of carboxylic acids is 2. The highest BCUT2D eigenvalue weighted by Gasteiger charge is 2.38. The zero-order valence-corrected chi connectivity index (χ0v) is 12.5. The Balaban J connectivity index is 1.82. The Morgan fingerprint density at radius 2 is 1.81 bits per heavy atom. The molecule has 2 unspecified atom stereocenters. The maximum atomic E-state index is 11.2. The van der Waals surface area contributed by atoms with Crippen LogP contribution in [0.5, 0.6) is 0 Å². The molecule has 1 heterocycles. The molecule has 1 fully saturated rings. The standard InChI is InChI=1S/C15H19NO4S/c17-14(18)12-6-7-16(10-13(12)15(19)20)8-9-21-11-4-2-1-3-5-11/h1-5,12-13H,6-10H2,(H,17,18)(H,19,20). The van der Waals surface area contributed by atoms with Gasteiger partial charge < -0.3 is 15.1 Å². The first-order valence-electron chi connectivity index (χ1n) is 6.93. The van der Waals surface area contributed by atoms with Gasteiger partial charge in [-0.15, -0.1) is 11.8 Å². The molecule has 1 aromatic rings. The Morgan fingerprint density at radius 3 is 2.43 bits per heavy atom. The van der Waals surface area contributed by atoms with E-state index in [0.29, 0.717) is 19.5 Å². The van der Waals surface area contributed by atoms with Crippen LogP contribution >= 0.6 is 11.8 Å². The molecular weight excluding hydrogens is 290 g/mol. The maximum Gasteiger partial charge on any atom is 0.308 e. The molecule has 1 aromatic carbocycles. The van der Waals surface area contributed by atoms with Crippen LogP contribution in [0.2, 0.25) is 0 Å². The van der Waals surface area contributed by atoms with Crippen LogP contribution in [0.1, 0.15) is 6.42 Å². The quantitative estimate of drug-likeness (QED) is 0.781. The number of rotatable bonds is 6. The zero-order valence-electron chi connectivity index (χ0n) is 11.6. The first-order valence-corrected chi connectivity index (χ1v) is 7.92. The second kappa shape index (κ2) is 7.47. The molecule has 1 aliphatic rings. The van der Waals surface area contributed by atoms with Crippen molar-refractivity contribution in [3.8, 4) is 0 Å². The number of benzene rings is 1. The van der Waals surface area contributed by atoms with Gasteiger partial charge in [-0.05, 0) is 25.1 Å². The van der Waals surface area contributed by atoms with E-state index in [2.05, 4.69) is 0 Å². The molecule has 1 aliphatic heterocycles. The van der Waals surface area contributed by atoms with Crippen molar-refractivity contribution in [3.05, 3.63) is 30.3 Å². The summed E-state index contributed by atoms with van der Waals surface area (Å²) >= 11 is 1.73. The molecule has 0 aromatic heterocycles. The Bertz CT molecular complexity index is 494. The highest BCUT2D eigenvalue weighted by Crippen LogP contribution is 2.25. The van der Waals surface area contributed by atoms with Crippen molar-refractivity contribution in [3.63, 3.8) is 0 Å². The summed E-state index contributed by atoms with van der Waals surface area (Å²) in [6.45, 7) is 1.74. The molecule has 0 spiro atoms. The van der Waals surface area contributed by atoms with Gasteiger partial charge in [0, 0.05) is 23.7 Å². The summed E-state index contributed by atoms with van der Waals surface area (Å²) in [6, 6.07) is 10.0. The molecule has 6 heteroatoms. The minimum atomic E-state index is -1.01. The monoisotopic (exact) mass is 309 g/mol. The van der Waals surface area contributed by atoms with Gasteiger partial charge in [-0.1, -0.05) is 18.2 Å². The third-order valence-corrected chi connectivity index (χ3v) is 4.74. The lowest BCUT2D eigenvalue weighted by Gasteiger charge is -2.34. The number of carboxylic acid groups (broad SMARTS) is 2. The molecule has 21 heavy (non-hydrogen) atoms. The SMILES string of the molecule is O=C(O)C1CCN(CCSc2ccccc2)CC1C(=O)O. The summed E-state index contributed by atoms with van der Waals surface area (Å²) in [7, 11) is 0. The number of hydrogen-bond donors (Lipinski definition) is 2. The molecular formula is C15H19NO4S. The van der Waals surface area contributed by atoms with Crippen molar-refractivity contribution < 1.29 is 19.8 Å². The van der Waals surface area contributed by atoms with Crippen LogP contribution in [-0.2, 0) is 9.59 Å². The molecule has 114 valence electrons. The normalized spacial score (nSPS) is 22.9.